The van der Waals surface area contributed by atoms with Crippen molar-refractivity contribution in [3.63, 3.8) is 0 Å². The fourth-order valence-corrected chi connectivity index (χ4v) is 2.97. The predicted octanol–water partition coefficient (Wildman–Crippen LogP) is 2.33. The first kappa shape index (κ1) is 14.4. The first-order chi connectivity index (χ1) is 10.2. The summed E-state index contributed by atoms with van der Waals surface area (Å²) in [4.78, 5) is 13.9. The Morgan fingerprint density at radius 3 is 2.95 bits per heavy atom. The van der Waals surface area contributed by atoms with Crippen molar-refractivity contribution in [1.29, 1.82) is 0 Å². The number of aryl methyl sites for hydroxylation is 1. The quantitative estimate of drug-likeness (QED) is 0.753. The summed E-state index contributed by atoms with van der Waals surface area (Å²) in [6.45, 7) is 5.58. The van der Waals surface area contributed by atoms with Crippen molar-refractivity contribution in [2.24, 2.45) is 0 Å². The summed E-state index contributed by atoms with van der Waals surface area (Å²) in [7, 11) is 0. The van der Waals surface area contributed by atoms with Crippen LogP contribution in [0.15, 0.2) is 18.2 Å². The highest BCUT2D eigenvalue weighted by Gasteiger charge is 2.34. The summed E-state index contributed by atoms with van der Waals surface area (Å²) in [5.41, 5.74) is 2.55. The van der Waals surface area contributed by atoms with Gasteiger partial charge in [0.2, 0.25) is 0 Å². The number of esters is 1. The van der Waals surface area contributed by atoms with Crippen LogP contribution in [0.5, 0.6) is 5.75 Å². The van der Waals surface area contributed by atoms with Crippen molar-refractivity contribution in [3.8, 4) is 5.75 Å². The first-order valence-electron chi connectivity index (χ1n) is 7.81. The summed E-state index contributed by atoms with van der Waals surface area (Å²) in [6, 6.07) is 6.86. The van der Waals surface area contributed by atoms with Crippen LogP contribution in [0.1, 0.15) is 30.9 Å². The lowest BCUT2D eigenvalue weighted by molar-refractivity contribution is -0.144. The van der Waals surface area contributed by atoms with Gasteiger partial charge in [0.15, 0.2) is 0 Å². The highest BCUT2D eigenvalue weighted by Crippen LogP contribution is 2.32. The molecule has 1 fully saturated rings. The Morgan fingerprint density at radius 2 is 2.24 bits per heavy atom. The molecule has 1 atom stereocenters. The molecule has 0 bridgehead atoms. The summed E-state index contributed by atoms with van der Waals surface area (Å²) < 4.78 is 11.1. The second-order valence-electron chi connectivity index (χ2n) is 6.02. The molecule has 0 amide bonds. The van der Waals surface area contributed by atoms with Gasteiger partial charge in [-0.1, -0.05) is 17.7 Å². The van der Waals surface area contributed by atoms with E-state index >= 15 is 0 Å². The largest absolute Gasteiger partial charge is 0.488 e. The van der Waals surface area contributed by atoms with Crippen LogP contribution >= 0.6 is 0 Å². The second-order valence-corrected chi connectivity index (χ2v) is 6.02. The molecule has 2 aliphatic rings. The fraction of sp³-hybridized carbons (Fsp3) is 0.588. The Hall–Kier alpha value is -1.55. The third-order valence-corrected chi connectivity index (χ3v) is 4.10. The standard InChI is InChI=1S/C17H23NO3/c1-3-20-17(19)11-18(14-5-6-14)10-15-9-13-8-12(2)4-7-16(13)21-15/h4,7-8,14-15H,3,5-6,9-11H2,1-2H3. The van der Waals surface area contributed by atoms with Crippen LogP contribution in [0.25, 0.3) is 0 Å². The number of hydrogen-bond donors (Lipinski definition) is 0. The van der Waals surface area contributed by atoms with Gasteiger partial charge in [-0.3, -0.25) is 9.69 Å². The predicted molar refractivity (Wildman–Crippen MR) is 80.5 cm³/mol. The number of carbonyl (C=O) groups is 1. The number of benzene rings is 1. The number of ether oxygens (including phenoxy) is 2. The van der Waals surface area contributed by atoms with E-state index in [4.69, 9.17) is 9.47 Å². The molecular formula is C17H23NO3. The zero-order chi connectivity index (χ0) is 14.8. The van der Waals surface area contributed by atoms with E-state index in [9.17, 15) is 4.79 Å². The molecule has 0 spiro atoms. The number of hydrogen-bond acceptors (Lipinski definition) is 4. The first-order valence-corrected chi connectivity index (χ1v) is 7.81. The van der Waals surface area contributed by atoms with Crippen molar-refractivity contribution < 1.29 is 14.3 Å². The molecule has 114 valence electrons. The minimum atomic E-state index is -0.129. The molecule has 1 heterocycles. The van der Waals surface area contributed by atoms with E-state index in [0.29, 0.717) is 19.2 Å². The number of carbonyl (C=O) groups excluding carboxylic acids is 1. The van der Waals surface area contributed by atoms with Crippen LogP contribution in [-0.2, 0) is 16.0 Å². The highest BCUT2D eigenvalue weighted by molar-refractivity contribution is 5.71. The molecule has 0 saturated heterocycles. The third kappa shape index (κ3) is 3.56. The Morgan fingerprint density at radius 1 is 1.43 bits per heavy atom. The minimum Gasteiger partial charge on any atom is -0.488 e. The molecule has 4 heteroatoms. The van der Waals surface area contributed by atoms with Gasteiger partial charge < -0.3 is 9.47 Å². The lowest BCUT2D eigenvalue weighted by Gasteiger charge is -2.24. The van der Waals surface area contributed by atoms with Gasteiger partial charge >= 0.3 is 5.97 Å². The monoisotopic (exact) mass is 289 g/mol. The maximum Gasteiger partial charge on any atom is 0.320 e. The van der Waals surface area contributed by atoms with Crippen LogP contribution in [0.4, 0.5) is 0 Å². The zero-order valence-electron chi connectivity index (χ0n) is 12.8. The van der Waals surface area contributed by atoms with Gasteiger partial charge in [-0.05, 0) is 38.3 Å². The van der Waals surface area contributed by atoms with Gasteiger partial charge in [-0.25, -0.2) is 0 Å². The smallest absolute Gasteiger partial charge is 0.320 e. The van der Waals surface area contributed by atoms with E-state index < -0.39 is 0 Å². The molecule has 1 aliphatic carbocycles. The molecule has 1 unspecified atom stereocenters. The number of rotatable bonds is 6. The highest BCUT2D eigenvalue weighted by atomic mass is 16.5. The van der Waals surface area contributed by atoms with Crippen LogP contribution in [0.2, 0.25) is 0 Å². The van der Waals surface area contributed by atoms with Crippen LogP contribution in [0.3, 0.4) is 0 Å². The third-order valence-electron chi connectivity index (χ3n) is 4.10. The molecule has 1 saturated carbocycles. The van der Waals surface area contributed by atoms with Gasteiger partial charge in [0, 0.05) is 19.0 Å². The Kier molecular flexibility index (Phi) is 4.15. The normalized spacial score (nSPS) is 20.2. The Balaban J connectivity index is 1.59. The van der Waals surface area contributed by atoms with E-state index in [-0.39, 0.29) is 12.1 Å². The second kappa shape index (κ2) is 6.06. The molecule has 0 N–H and O–H groups in total. The van der Waals surface area contributed by atoms with E-state index in [1.807, 2.05) is 6.92 Å². The summed E-state index contributed by atoms with van der Waals surface area (Å²) in [6.07, 6.45) is 3.44. The average Bonchev–Trinajstić information content (AvgIpc) is 3.20. The van der Waals surface area contributed by atoms with Gasteiger partial charge in [-0.2, -0.15) is 0 Å². The molecule has 0 aromatic heterocycles. The van der Waals surface area contributed by atoms with E-state index in [0.717, 1.165) is 18.7 Å². The van der Waals surface area contributed by atoms with E-state index in [1.54, 1.807) is 0 Å². The van der Waals surface area contributed by atoms with Gasteiger partial charge in [0.1, 0.15) is 11.9 Å². The van der Waals surface area contributed by atoms with Gasteiger partial charge in [0.05, 0.1) is 13.2 Å². The number of nitrogens with zero attached hydrogens (tertiary/aromatic N) is 1. The SMILES string of the molecule is CCOC(=O)CN(CC1Cc2cc(C)ccc2O1)C1CC1. The lowest BCUT2D eigenvalue weighted by atomic mass is 10.1. The summed E-state index contributed by atoms with van der Waals surface area (Å²) in [5.74, 6) is 0.869. The molecule has 1 aromatic rings. The van der Waals surface area contributed by atoms with Crippen LogP contribution < -0.4 is 4.74 Å². The summed E-state index contributed by atoms with van der Waals surface area (Å²) >= 11 is 0. The molecule has 3 rings (SSSR count). The Bertz CT molecular complexity index is 525. The fourth-order valence-electron chi connectivity index (χ4n) is 2.97. The van der Waals surface area contributed by atoms with Gasteiger partial charge in [-0.15, -0.1) is 0 Å². The van der Waals surface area contributed by atoms with E-state index in [2.05, 4.69) is 30.0 Å². The zero-order valence-corrected chi connectivity index (χ0v) is 12.8. The summed E-state index contributed by atoms with van der Waals surface area (Å²) in [5, 5.41) is 0. The lowest BCUT2D eigenvalue weighted by Crippen LogP contribution is -2.40. The number of fused-ring (bicyclic) bond motifs is 1. The molecule has 0 radical (unpaired) electrons. The van der Waals surface area contributed by atoms with Crippen molar-refractivity contribution in [2.45, 2.75) is 45.3 Å². The van der Waals surface area contributed by atoms with Gasteiger partial charge in [0.25, 0.3) is 0 Å². The molecule has 1 aromatic carbocycles. The maximum atomic E-state index is 11.7. The van der Waals surface area contributed by atoms with Crippen LogP contribution in [0, 0.1) is 6.92 Å². The molecule has 4 nitrogen and oxygen atoms in total. The van der Waals surface area contributed by atoms with Crippen molar-refractivity contribution in [3.05, 3.63) is 29.3 Å². The molecule has 21 heavy (non-hydrogen) atoms. The Labute approximate surface area is 126 Å². The van der Waals surface area contributed by atoms with Crippen molar-refractivity contribution in [2.75, 3.05) is 19.7 Å². The molecular weight excluding hydrogens is 266 g/mol. The minimum absolute atomic E-state index is 0.129. The maximum absolute atomic E-state index is 11.7. The van der Waals surface area contributed by atoms with Crippen LogP contribution in [-0.4, -0.2) is 42.7 Å². The van der Waals surface area contributed by atoms with E-state index in [1.165, 1.54) is 24.0 Å². The average molecular weight is 289 g/mol. The molecule has 1 aliphatic heterocycles. The topological polar surface area (TPSA) is 38.8 Å². The van der Waals surface area contributed by atoms with Crippen molar-refractivity contribution in [1.82, 2.24) is 4.90 Å². The van der Waals surface area contributed by atoms with Crippen molar-refractivity contribution >= 4 is 5.97 Å².